The van der Waals surface area contributed by atoms with Gasteiger partial charge >= 0.3 is 0 Å². The lowest BCUT2D eigenvalue weighted by Crippen LogP contribution is -2.52. The molecule has 1 saturated heterocycles. The average Bonchev–Trinajstić information content (AvgIpc) is 2.95. The lowest BCUT2D eigenvalue weighted by atomic mass is 9.96. The van der Waals surface area contributed by atoms with Crippen LogP contribution in [0.15, 0.2) is 108 Å². The number of hydrogen-bond donors (Lipinski definition) is 0. The number of rotatable bonds is 6. The molecule has 182 valence electrons. The summed E-state index contributed by atoms with van der Waals surface area (Å²) in [6.07, 6.45) is 0. The van der Waals surface area contributed by atoms with E-state index in [4.69, 9.17) is 0 Å². The van der Waals surface area contributed by atoms with E-state index in [0.29, 0.717) is 18.8 Å². The van der Waals surface area contributed by atoms with E-state index < -0.39 is 6.04 Å². The van der Waals surface area contributed by atoms with Gasteiger partial charge in [0.15, 0.2) is 0 Å². The van der Waals surface area contributed by atoms with Gasteiger partial charge in [0, 0.05) is 37.8 Å². The van der Waals surface area contributed by atoms with Gasteiger partial charge in [-0.25, -0.2) is 4.68 Å². The largest absolute Gasteiger partial charge is 0.338 e. The SMILES string of the molecule is CC(C(=O)N1CCN(C(c2ccccc2)c2ccccc2)CC1)n1nc(-c2ccccc2)ccc1=O. The summed E-state index contributed by atoms with van der Waals surface area (Å²) >= 11 is 0. The number of piperazine rings is 1. The summed E-state index contributed by atoms with van der Waals surface area (Å²) in [5.74, 6) is -0.0783. The summed E-state index contributed by atoms with van der Waals surface area (Å²) in [5, 5.41) is 4.53. The Kier molecular flexibility index (Phi) is 7.05. The molecule has 1 fully saturated rings. The van der Waals surface area contributed by atoms with Crippen LogP contribution >= 0.6 is 0 Å². The Morgan fingerprint density at radius 2 is 1.25 bits per heavy atom. The van der Waals surface area contributed by atoms with E-state index in [1.165, 1.54) is 21.9 Å². The van der Waals surface area contributed by atoms with Crippen LogP contribution < -0.4 is 5.56 Å². The highest BCUT2D eigenvalue weighted by molar-refractivity contribution is 5.80. The molecule has 3 aromatic carbocycles. The van der Waals surface area contributed by atoms with Gasteiger partial charge in [0.05, 0.1) is 11.7 Å². The van der Waals surface area contributed by atoms with Gasteiger partial charge in [0.2, 0.25) is 5.91 Å². The minimum atomic E-state index is -0.674. The van der Waals surface area contributed by atoms with Gasteiger partial charge in [-0.3, -0.25) is 14.5 Å². The van der Waals surface area contributed by atoms with Gasteiger partial charge in [-0.15, -0.1) is 0 Å². The Morgan fingerprint density at radius 3 is 1.81 bits per heavy atom. The molecular formula is C30H30N4O2. The van der Waals surface area contributed by atoms with Gasteiger partial charge in [0.1, 0.15) is 6.04 Å². The Morgan fingerprint density at radius 1 is 0.722 bits per heavy atom. The Hall–Kier alpha value is -4.03. The first kappa shape index (κ1) is 23.7. The van der Waals surface area contributed by atoms with E-state index >= 15 is 0 Å². The zero-order valence-corrected chi connectivity index (χ0v) is 20.4. The fraction of sp³-hybridized carbons (Fsp3) is 0.233. The molecule has 1 aliphatic heterocycles. The molecule has 4 aromatic rings. The molecule has 0 bridgehead atoms. The molecule has 6 nitrogen and oxygen atoms in total. The monoisotopic (exact) mass is 478 g/mol. The Labute approximate surface area is 211 Å². The van der Waals surface area contributed by atoms with Crippen LogP contribution in [0.3, 0.4) is 0 Å². The van der Waals surface area contributed by atoms with Crippen molar-refractivity contribution < 1.29 is 4.79 Å². The quantitative estimate of drug-likeness (QED) is 0.412. The van der Waals surface area contributed by atoms with E-state index in [-0.39, 0.29) is 17.5 Å². The van der Waals surface area contributed by atoms with Crippen LogP contribution in [0.25, 0.3) is 11.3 Å². The normalized spacial score (nSPS) is 15.1. The maximum atomic E-state index is 13.4. The van der Waals surface area contributed by atoms with Crippen molar-refractivity contribution in [2.75, 3.05) is 26.2 Å². The van der Waals surface area contributed by atoms with Crippen LogP contribution in [0.5, 0.6) is 0 Å². The molecule has 2 heterocycles. The molecule has 1 unspecified atom stereocenters. The third-order valence-electron chi connectivity index (χ3n) is 6.84. The number of carbonyl (C=O) groups is 1. The number of benzene rings is 3. The van der Waals surface area contributed by atoms with Crippen molar-refractivity contribution in [3.8, 4) is 11.3 Å². The van der Waals surface area contributed by atoms with E-state index in [0.717, 1.165) is 18.7 Å². The molecule has 5 rings (SSSR count). The highest BCUT2D eigenvalue weighted by atomic mass is 16.2. The summed E-state index contributed by atoms with van der Waals surface area (Å²) < 4.78 is 1.31. The molecule has 36 heavy (non-hydrogen) atoms. The van der Waals surface area contributed by atoms with E-state index in [2.05, 4.69) is 58.5 Å². The van der Waals surface area contributed by atoms with Crippen LogP contribution in [0.2, 0.25) is 0 Å². The van der Waals surface area contributed by atoms with Gasteiger partial charge in [-0.05, 0) is 24.1 Å². The van der Waals surface area contributed by atoms with E-state index in [9.17, 15) is 9.59 Å². The first-order valence-electron chi connectivity index (χ1n) is 12.4. The molecular weight excluding hydrogens is 448 g/mol. The van der Waals surface area contributed by atoms with Crippen LogP contribution in [-0.2, 0) is 4.79 Å². The van der Waals surface area contributed by atoms with Crippen molar-refractivity contribution in [1.82, 2.24) is 19.6 Å². The van der Waals surface area contributed by atoms with Crippen molar-refractivity contribution in [1.29, 1.82) is 0 Å². The number of amides is 1. The number of nitrogens with zero attached hydrogens (tertiary/aromatic N) is 4. The number of carbonyl (C=O) groups excluding carboxylic acids is 1. The molecule has 0 aliphatic carbocycles. The van der Waals surface area contributed by atoms with E-state index in [1.807, 2.05) is 47.4 Å². The molecule has 1 aliphatic rings. The summed E-state index contributed by atoms with van der Waals surface area (Å²) in [5.41, 5.74) is 3.79. The molecule has 0 radical (unpaired) electrons. The molecule has 1 amide bonds. The standard InChI is InChI=1S/C30H30N4O2/c1-23(34-28(35)18-17-27(31-34)24-11-5-2-6-12-24)30(36)33-21-19-32(20-22-33)29(25-13-7-3-8-14-25)26-15-9-4-10-16-26/h2-18,23,29H,19-22H2,1H3. The second-order valence-corrected chi connectivity index (χ2v) is 9.13. The predicted molar refractivity (Wildman–Crippen MR) is 142 cm³/mol. The van der Waals surface area contributed by atoms with Crippen molar-refractivity contribution >= 4 is 5.91 Å². The second kappa shape index (κ2) is 10.7. The second-order valence-electron chi connectivity index (χ2n) is 9.13. The van der Waals surface area contributed by atoms with Crippen LogP contribution in [-0.4, -0.2) is 51.7 Å². The third kappa shape index (κ3) is 4.99. The van der Waals surface area contributed by atoms with Gasteiger partial charge in [-0.1, -0.05) is 91.0 Å². The van der Waals surface area contributed by atoms with Crippen LogP contribution in [0, 0.1) is 0 Å². The fourth-order valence-corrected chi connectivity index (χ4v) is 4.92. The lowest BCUT2D eigenvalue weighted by molar-refractivity contribution is -0.136. The fourth-order valence-electron chi connectivity index (χ4n) is 4.92. The van der Waals surface area contributed by atoms with Crippen LogP contribution in [0.4, 0.5) is 0 Å². The maximum Gasteiger partial charge on any atom is 0.267 e. The molecule has 0 saturated carbocycles. The van der Waals surface area contributed by atoms with Crippen molar-refractivity contribution in [3.05, 3.63) is 125 Å². The summed E-state index contributed by atoms with van der Waals surface area (Å²) in [6.45, 7) is 4.46. The van der Waals surface area contributed by atoms with Crippen molar-refractivity contribution in [3.63, 3.8) is 0 Å². The van der Waals surface area contributed by atoms with Gasteiger partial charge in [0.25, 0.3) is 5.56 Å². The summed E-state index contributed by atoms with van der Waals surface area (Å²) in [4.78, 5) is 30.3. The highest BCUT2D eigenvalue weighted by Crippen LogP contribution is 2.29. The minimum absolute atomic E-state index is 0.0783. The Bertz CT molecular complexity index is 1310. The molecule has 0 spiro atoms. The molecule has 1 atom stereocenters. The Balaban J connectivity index is 1.32. The molecule has 0 N–H and O–H groups in total. The smallest absolute Gasteiger partial charge is 0.267 e. The molecule has 6 heteroatoms. The number of hydrogen-bond acceptors (Lipinski definition) is 4. The maximum absolute atomic E-state index is 13.4. The van der Waals surface area contributed by atoms with Crippen molar-refractivity contribution in [2.45, 2.75) is 19.0 Å². The summed E-state index contributed by atoms with van der Waals surface area (Å²) in [6, 6.07) is 33.3. The summed E-state index contributed by atoms with van der Waals surface area (Å²) in [7, 11) is 0. The van der Waals surface area contributed by atoms with Gasteiger partial charge < -0.3 is 4.90 Å². The first-order chi connectivity index (χ1) is 17.6. The lowest BCUT2D eigenvalue weighted by Gasteiger charge is -2.40. The highest BCUT2D eigenvalue weighted by Gasteiger charge is 2.31. The third-order valence-corrected chi connectivity index (χ3v) is 6.84. The zero-order chi connectivity index (χ0) is 24.9. The van der Waals surface area contributed by atoms with Crippen LogP contribution in [0.1, 0.15) is 30.1 Å². The average molecular weight is 479 g/mol. The minimum Gasteiger partial charge on any atom is -0.338 e. The zero-order valence-electron chi connectivity index (χ0n) is 20.4. The van der Waals surface area contributed by atoms with E-state index in [1.54, 1.807) is 13.0 Å². The predicted octanol–water partition coefficient (Wildman–Crippen LogP) is 4.41. The number of aromatic nitrogens is 2. The first-order valence-corrected chi connectivity index (χ1v) is 12.4. The van der Waals surface area contributed by atoms with Crippen molar-refractivity contribution in [2.24, 2.45) is 0 Å². The molecule has 1 aromatic heterocycles. The topological polar surface area (TPSA) is 58.4 Å². The van der Waals surface area contributed by atoms with Gasteiger partial charge in [-0.2, -0.15) is 5.10 Å².